The summed E-state index contributed by atoms with van der Waals surface area (Å²) in [5, 5.41) is 22.1. The Morgan fingerprint density at radius 3 is 2.66 bits per heavy atom. The van der Waals surface area contributed by atoms with Gasteiger partial charge in [-0.1, -0.05) is 6.07 Å². The monoisotopic (exact) mass is 417 g/mol. The fourth-order valence-electron chi connectivity index (χ4n) is 4.56. The van der Waals surface area contributed by atoms with Crippen LogP contribution >= 0.6 is 0 Å². The van der Waals surface area contributed by atoms with Gasteiger partial charge in [0, 0.05) is 5.69 Å². The number of nitrogens with zero attached hydrogens (tertiary/aromatic N) is 3. The number of amides is 2. The van der Waals surface area contributed by atoms with E-state index in [0.717, 1.165) is 44.2 Å². The largest absolute Gasteiger partial charge is 0.469 e. The molecule has 2 aromatic rings. The highest BCUT2D eigenvalue weighted by Crippen LogP contribution is 2.38. The predicted octanol–water partition coefficient (Wildman–Crippen LogP) is 1.55. The molecule has 2 atom stereocenters. The number of aliphatic hydroxyl groups is 1. The Hall–Kier alpha value is -2.43. The summed E-state index contributed by atoms with van der Waals surface area (Å²) in [7, 11) is -3.55. The van der Waals surface area contributed by atoms with Crippen LogP contribution in [0.3, 0.4) is 0 Å². The van der Waals surface area contributed by atoms with Crippen LogP contribution in [0.5, 0.6) is 5.88 Å². The Labute approximate surface area is 168 Å². The summed E-state index contributed by atoms with van der Waals surface area (Å²) < 4.78 is 23.8. The van der Waals surface area contributed by atoms with Gasteiger partial charge in [0.25, 0.3) is 0 Å². The Morgan fingerprint density at radius 2 is 2.00 bits per heavy atom. The molecule has 0 spiro atoms. The maximum absolute atomic E-state index is 13.0. The van der Waals surface area contributed by atoms with Crippen molar-refractivity contribution in [3.63, 3.8) is 0 Å². The molecule has 0 bridgehead atoms. The number of nitrogens with one attached hydrogen (secondary N) is 1. The Balaban J connectivity index is 1.46. The third-order valence-corrected chi connectivity index (χ3v) is 7.20. The highest BCUT2D eigenvalue weighted by molar-refractivity contribution is 7.91. The second-order valence-corrected chi connectivity index (χ2v) is 9.50. The number of hydrogen-bond acceptors (Lipinski definition) is 5. The van der Waals surface area contributed by atoms with Gasteiger partial charge >= 0.3 is 6.03 Å². The summed E-state index contributed by atoms with van der Waals surface area (Å²) in [5.41, 5.74) is 5.73. The van der Waals surface area contributed by atoms with E-state index >= 15 is 0 Å². The van der Waals surface area contributed by atoms with Crippen LogP contribution in [-0.4, -0.2) is 37.8 Å². The molecule has 2 amide bonds. The quantitative estimate of drug-likeness (QED) is 0.697. The van der Waals surface area contributed by atoms with Gasteiger partial charge in [-0.25, -0.2) is 18.8 Å². The number of nitrogens with two attached hydrogens (primary N) is 1. The van der Waals surface area contributed by atoms with Gasteiger partial charge in [-0.15, -0.1) is 4.36 Å². The highest BCUT2D eigenvalue weighted by atomic mass is 32.2. The number of urea groups is 1. The van der Waals surface area contributed by atoms with E-state index in [0.29, 0.717) is 6.54 Å². The number of carbonyl (C=O) groups is 1. The maximum atomic E-state index is 13.0. The van der Waals surface area contributed by atoms with Gasteiger partial charge in [0.05, 0.1) is 19.3 Å². The minimum atomic E-state index is -3.55. The van der Waals surface area contributed by atoms with E-state index in [1.54, 1.807) is 0 Å². The number of hydrogen-bond donors (Lipinski definition) is 3. The minimum absolute atomic E-state index is 0.0621. The van der Waals surface area contributed by atoms with E-state index in [2.05, 4.69) is 20.8 Å². The van der Waals surface area contributed by atoms with E-state index in [4.69, 9.17) is 9.88 Å². The van der Waals surface area contributed by atoms with Crippen LogP contribution in [-0.2, 0) is 42.1 Å². The van der Waals surface area contributed by atoms with Crippen molar-refractivity contribution in [2.24, 2.45) is 9.50 Å². The normalized spacial score (nSPS) is 21.1. The zero-order valence-corrected chi connectivity index (χ0v) is 16.7. The third kappa shape index (κ3) is 3.11. The van der Waals surface area contributed by atoms with E-state index in [1.807, 2.05) is 0 Å². The molecule has 0 fully saturated rings. The zero-order valence-electron chi connectivity index (χ0n) is 15.9. The summed E-state index contributed by atoms with van der Waals surface area (Å²) in [6, 6.07) is 1.54. The number of aromatic nitrogens is 2. The van der Waals surface area contributed by atoms with Gasteiger partial charge in [0.1, 0.15) is 11.0 Å². The van der Waals surface area contributed by atoms with Gasteiger partial charge in [0.15, 0.2) is 9.92 Å². The molecule has 2 heterocycles. The lowest BCUT2D eigenvalue weighted by atomic mass is 9.99. The molecule has 3 aliphatic rings. The molecule has 0 saturated carbocycles. The topological polar surface area (TPSA) is 132 Å². The first-order chi connectivity index (χ1) is 14.0. The summed E-state index contributed by atoms with van der Waals surface area (Å²) in [6.45, 7) is 0.131. The fourth-order valence-corrected chi connectivity index (χ4v) is 5.55. The van der Waals surface area contributed by atoms with Crippen molar-refractivity contribution < 1.29 is 18.8 Å². The zero-order chi connectivity index (χ0) is 20.2. The van der Waals surface area contributed by atoms with Crippen molar-refractivity contribution in [3.05, 3.63) is 34.5 Å². The molecule has 154 valence electrons. The average Bonchev–Trinajstić information content (AvgIpc) is 3.43. The number of rotatable bonds is 3. The van der Waals surface area contributed by atoms with Crippen molar-refractivity contribution in [2.45, 2.75) is 56.1 Å². The Kier molecular flexibility index (Phi) is 4.37. The van der Waals surface area contributed by atoms with Crippen molar-refractivity contribution in [1.82, 2.24) is 9.78 Å². The molecule has 10 heteroatoms. The van der Waals surface area contributed by atoms with Gasteiger partial charge in [-0.3, -0.25) is 0 Å². The molecule has 5 rings (SSSR count). The molecule has 4 N–H and O–H groups in total. The van der Waals surface area contributed by atoms with Gasteiger partial charge in [-0.05, 0) is 60.8 Å². The fraction of sp³-hybridized carbons (Fsp3) is 0.474. The second kappa shape index (κ2) is 6.82. The first kappa shape index (κ1) is 18.6. The number of anilines is 1. The van der Waals surface area contributed by atoms with Gasteiger partial charge in [0.2, 0.25) is 5.88 Å². The van der Waals surface area contributed by atoms with E-state index in [1.165, 1.54) is 33.1 Å². The van der Waals surface area contributed by atoms with Gasteiger partial charge < -0.3 is 15.2 Å². The number of carbonyl (C=O) groups excluding carboxylic acids is 1. The molecule has 1 aliphatic heterocycles. The first-order valence-corrected chi connectivity index (χ1v) is 11.4. The average molecular weight is 417 g/mol. The van der Waals surface area contributed by atoms with Crippen LogP contribution in [0.25, 0.3) is 0 Å². The smallest absolute Gasteiger partial charge is 0.354 e. The Bertz CT molecular complexity index is 1100. The predicted molar refractivity (Wildman–Crippen MR) is 106 cm³/mol. The lowest BCUT2D eigenvalue weighted by Crippen LogP contribution is -2.21. The summed E-state index contributed by atoms with van der Waals surface area (Å²) in [5.74, 6) is 0.189. The van der Waals surface area contributed by atoms with Crippen LogP contribution in [0, 0.1) is 0 Å². The number of aliphatic hydroxyl groups excluding tert-OH is 1. The van der Waals surface area contributed by atoms with Crippen molar-refractivity contribution in [3.8, 4) is 5.88 Å². The lowest BCUT2D eigenvalue weighted by Gasteiger charge is -2.15. The second-order valence-electron chi connectivity index (χ2n) is 7.74. The van der Waals surface area contributed by atoms with E-state index < -0.39 is 22.1 Å². The molecule has 1 unspecified atom stereocenters. The summed E-state index contributed by atoms with van der Waals surface area (Å²) >= 11 is 0. The van der Waals surface area contributed by atoms with E-state index in [9.17, 15) is 14.1 Å². The van der Waals surface area contributed by atoms with Crippen LogP contribution in [0.4, 0.5) is 10.5 Å². The van der Waals surface area contributed by atoms with Crippen LogP contribution in [0.2, 0.25) is 0 Å². The van der Waals surface area contributed by atoms with Crippen LogP contribution in [0.15, 0.2) is 21.5 Å². The lowest BCUT2D eigenvalue weighted by molar-refractivity contribution is 0.130. The van der Waals surface area contributed by atoms with Crippen molar-refractivity contribution in [2.75, 3.05) is 11.9 Å². The maximum Gasteiger partial charge on any atom is 0.354 e. The first-order valence-electron chi connectivity index (χ1n) is 9.82. The van der Waals surface area contributed by atoms with Crippen LogP contribution < -0.4 is 15.2 Å². The summed E-state index contributed by atoms with van der Waals surface area (Å²) in [4.78, 5) is 12.8. The molecule has 1 aromatic heterocycles. The molecule has 2 aliphatic carbocycles. The SMILES string of the molecule is NS(=O)(=NC(=O)Nc1c2c(cc3c1CCC3)CCC2)c1cnn2c1O[C@@H](CO)C2. The minimum Gasteiger partial charge on any atom is -0.469 e. The number of aryl methyl sites for hydroxylation is 2. The molecular weight excluding hydrogens is 394 g/mol. The number of ether oxygens (including phenoxy) is 1. The van der Waals surface area contributed by atoms with Crippen LogP contribution in [0.1, 0.15) is 35.1 Å². The molecule has 9 nitrogen and oxygen atoms in total. The molecule has 0 radical (unpaired) electrons. The Morgan fingerprint density at radius 1 is 1.31 bits per heavy atom. The highest BCUT2D eigenvalue weighted by Gasteiger charge is 2.31. The standard InChI is InChI=1S/C19H23N5O4S/c20-29(27,16-8-21-24-9-13(10-25)28-18(16)24)23-19(26)22-17-14-5-1-3-11(14)7-12-4-2-6-15(12)17/h7-8,13,25H,1-6,9-10H2,(H3,20,22,23,26,27)/t13-,29?/m1/s1. The van der Waals surface area contributed by atoms with Gasteiger partial charge in [-0.2, -0.15) is 5.10 Å². The third-order valence-electron chi connectivity index (χ3n) is 5.86. The van der Waals surface area contributed by atoms with E-state index in [-0.39, 0.29) is 17.4 Å². The number of benzene rings is 1. The number of fused-ring (bicyclic) bond motifs is 3. The molecule has 0 saturated heterocycles. The molecular formula is C19H23N5O4S. The van der Waals surface area contributed by atoms with Crippen molar-refractivity contribution >= 4 is 21.6 Å². The molecule has 1 aromatic carbocycles. The van der Waals surface area contributed by atoms with Crippen molar-refractivity contribution in [1.29, 1.82) is 0 Å². The molecule has 29 heavy (non-hydrogen) atoms. The summed E-state index contributed by atoms with van der Waals surface area (Å²) in [6.07, 6.45) is 6.84.